The van der Waals surface area contributed by atoms with Gasteiger partial charge in [0.2, 0.25) is 0 Å². The first kappa shape index (κ1) is 10.3. The molecule has 84 valence electrons. The predicted octanol–water partition coefficient (Wildman–Crippen LogP) is 4.87. The highest BCUT2D eigenvalue weighted by atomic mass is 14.2. The Morgan fingerprint density at radius 2 is 1.65 bits per heavy atom. The minimum Gasteiger partial charge on any atom is -0.0655 e. The molecule has 0 heterocycles. The molecule has 0 saturated heterocycles. The van der Waals surface area contributed by atoms with E-state index in [1.165, 1.54) is 27.8 Å². The van der Waals surface area contributed by atoms with E-state index >= 15 is 0 Å². The van der Waals surface area contributed by atoms with Crippen molar-refractivity contribution in [3.8, 4) is 11.1 Å². The summed E-state index contributed by atoms with van der Waals surface area (Å²) in [7, 11) is 0. The number of hydrogen-bond donors (Lipinski definition) is 0. The van der Waals surface area contributed by atoms with E-state index < -0.39 is 0 Å². The molecule has 17 heavy (non-hydrogen) atoms. The van der Waals surface area contributed by atoms with E-state index in [1.807, 2.05) is 0 Å². The maximum atomic E-state index is 2.34. The van der Waals surface area contributed by atoms with Gasteiger partial charge in [0, 0.05) is 5.92 Å². The van der Waals surface area contributed by atoms with Gasteiger partial charge in [-0.2, -0.15) is 0 Å². The zero-order valence-electron chi connectivity index (χ0n) is 10.3. The smallest absolute Gasteiger partial charge is 0.00265 e. The standard InChI is InChI=1S/C17H16/c1-12-10-16-9-8-15(11-17(16)13(12)2)14-6-4-3-5-7-14/h3-11,13H,1-2H3. The lowest BCUT2D eigenvalue weighted by molar-refractivity contribution is 0.922. The van der Waals surface area contributed by atoms with Crippen LogP contribution in [-0.2, 0) is 0 Å². The van der Waals surface area contributed by atoms with Gasteiger partial charge < -0.3 is 0 Å². The second kappa shape index (κ2) is 3.89. The minimum atomic E-state index is 0.564. The Morgan fingerprint density at radius 1 is 0.882 bits per heavy atom. The van der Waals surface area contributed by atoms with Crippen molar-refractivity contribution in [1.82, 2.24) is 0 Å². The van der Waals surface area contributed by atoms with E-state index in [0.29, 0.717) is 5.92 Å². The van der Waals surface area contributed by atoms with Gasteiger partial charge in [-0.25, -0.2) is 0 Å². The zero-order valence-corrected chi connectivity index (χ0v) is 10.3. The molecule has 0 heteroatoms. The summed E-state index contributed by atoms with van der Waals surface area (Å²) in [6.45, 7) is 4.50. The molecular weight excluding hydrogens is 204 g/mol. The van der Waals surface area contributed by atoms with Gasteiger partial charge in [-0.3, -0.25) is 0 Å². The van der Waals surface area contributed by atoms with Crippen molar-refractivity contribution in [2.24, 2.45) is 0 Å². The van der Waals surface area contributed by atoms with Crippen LogP contribution in [0.15, 0.2) is 54.1 Å². The van der Waals surface area contributed by atoms with Crippen LogP contribution < -0.4 is 0 Å². The van der Waals surface area contributed by atoms with E-state index in [-0.39, 0.29) is 0 Å². The average molecular weight is 220 g/mol. The molecule has 1 unspecified atom stereocenters. The van der Waals surface area contributed by atoms with Crippen molar-refractivity contribution in [1.29, 1.82) is 0 Å². The third-order valence-electron chi connectivity index (χ3n) is 3.73. The molecule has 0 saturated carbocycles. The second-order valence-corrected chi connectivity index (χ2v) is 4.82. The highest BCUT2D eigenvalue weighted by Crippen LogP contribution is 2.37. The molecule has 0 nitrogen and oxygen atoms in total. The van der Waals surface area contributed by atoms with Crippen molar-refractivity contribution >= 4 is 6.08 Å². The fraction of sp³-hybridized carbons (Fsp3) is 0.176. The van der Waals surface area contributed by atoms with Crippen molar-refractivity contribution in [3.05, 3.63) is 65.2 Å². The van der Waals surface area contributed by atoms with Crippen molar-refractivity contribution < 1.29 is 0 Å². The molecule has 0 spiro atoms. The summed E-state index contributed by atoms with van der Waals surface area (Å²) in [6.07, 6.45) is 2.30. The van der Waals surface area contributed by atoms with Crippen LogP contribution in [0.25, 0.3) is 17.2 Å². The monoisotopic (exact) mass is 220 g/mol. The van der Waals surface area contributed by atoms with Gasteiger partial charge in [-0.05, 0) is 35.2 Å². The summed E-state index contributed by atoms with van der Waals surface area (Å²) in [5.74, 6) is 0.564. The van der Waals surface area contributed by atoms with E-state index in [9.17, 15) is 0 Å². The van der Waals surface area contributed by atoms with Crippen LogP contribution >= 0.6 is 0 Å². The van der Waals surface area contributed by atoms with E-state index in [2.05, 4.69) is 68.5 Å². The quantitative estimate of drug-likeness (QED) is 0.643. The first-order chi connectivity index (χ1) is 8.25. The number of benzene rings is 2. The molecule has 2 aromatic rings. The van der Waals surface area contributed by atoms with E-state index in [4.69, 9.17) is 0 Å². The highest BCUT2D eigenvalue weighted by Gasteiger charge is 2.18. The van der Waals surface area contributed by atoms with Gasteiger partial charge in [-0.15, -0.1) is 0 Å². The Morgan fingerprint density at radius 3 is 2.41 bits per heavy atom. The van der Waals surface area contributed by atoms with E-state index in [1.54, 1.807) is 0 Å². The SMILES string of the molecule is CC1=Cc2ccc(-c3ccccc3)cc2C1C. The number of allylic oxidation sites excluding steroid dienone is 1. The molecule has 1 aliphatic carbocycles. The fourth-order valence-electron chi connectivity index (χ4n) is 2.51. The maximum Gasteiger partial charge on any atom is 0.00265 e. The number of hydrogen-bond acceptors (Lipinski definition) is 0. The van der Waals surface area contributed by atoms with E-state index in [0.717, 1.165) is 0 Å². The third-order valence-corrected chi connectivity index (χ3v) is 3.73. The number of fused-ring (bicyclic) bond motifs is 1. The fourth-order valence-corrected chi connectivity index (χ4v) is 2.51. The maximum absolute atomic E-state index is 2.34. The van der Waals surface area contributed by atoms with Crippen molar-refractivity contribution in [3.63, 3.8) is 0 Å². The normalized spacial score (nSPS) is 17.8. The summed E-state index contributed by atoms with van der Waals surface area (Å²) in [5, 5.41) is 0. The lowest BCUT2D eigenvalue weighted by Gasteiger charge is -2.10. The van der Waals surface area contributed by atoms with Crippen LogP contribution in [0.1, 0.15) is 30.9 Å². The predicted molar refractivity (Wildman–Crippen MR) is 73.9 cm³/mol. The van der Waals surface area contributed by atoms with Crippen LogP contribution in [0.5, 0.6) is 0 Å². The topological polar surface area (TPSA) is 0 Å². The second-order valence-electron chi connectivity index (χ2n) is 4.82. The summed E-state index contributed by atoms with van der Waals surface area (Å²) in [5.41, 5.74) is 6.93. The Balaban J connectivity index is 2.08. The summed E-state index contributed by atoms with van der Waals surface area (Å²) in [4.78, 5) is 0. The van der Waals surface area contributed by atoms with Crippen LogP contribution in [-0.4, -0.2) is 0 Å². The minimum absolute atomic E-state index is 0.564. The first-order valence-corrected chi connectivity index (χ1v) is 6.13. The molecule has 1 atom stereocenters. The van der Waals surface area contributed by atoms with Gasteiger partial charge in [0.05, 0.1) is 0 Å². The Hall–Kier alpha value is -1.82. The summed E-state index contributed by atoms with van der Waals surface area (Å²) in [6, 6.07) is 17.4. The summed E-state index contributed by atoms with van der Waals surface area (Å²) < 4.78 is 0. The van der Waals surface area contributed by atoms with Gasteiger partial charge in [0.25, 0.3) is 0 Å². The Bertz CT molecular complexity index is 576. The molecule has 2 aromatic carbocycles. The van der Waals surface area contributed by atoms with Crippen LogP contribution in [0.3, 0.4) is 0 Å². The average Bonchev–Trinajstić information content (AvgIpc) is 2.66. The van der Waals surface area contributed by atoms with Crippen molar-refractivity contribution in [2.75, 3.05) is 0 Å². The number of rotatable bonds is 1. The molecule has 0 fully saturated rings. The third kappa shape index (κ3) is 1.70. The van der Waals surface area contributed by atoms with Gasteiger partial charge in [0.1, 0.15) is 0 Å². The van der Waals surface area contributed by atoms with Gasteiger partial charge in [-0.1, -0.05) is 61.0 Å². The van der Waals surface area contributed by atoms with Gasteiger partial charge in [0.15, 0.2) is 0 Å². The Labute approximate surface area is 103 Å². The lowest BCUT2D eigenvalue weighted by atomic mass is 9.95. The first-order valence-electron chi connectivity index (χ1n) is 6.13. The van der Waals surface area contributed by atoms with Crippen LogP contribution in [0, 0.1) is 0 Å². The molecule has 0 aliphatic heterocycles. The molecule has 0 amide bonds. The molecule has 0 radical (unpaired) electrons. The molecule has 0 N–H and O–H groups in total. The molecule has 1 aliphatic rings. The Kier molecular flexibility index (Phi) is 2.36. The highest BCUT2D eigenvalue weighted by molar-refractivity contribution is 5.72. The molecule has 0 aromatic heterocycles. The summed E-state index contributed by atoms with van der Waals surface area (Å²) >= 11 is 0. The molecule has 3 rings (SSSR count). The van der Waals surface area contributed by atoms with Crippen molar-refractivity contribution in [2.45, 2.75) is 19.8 Å². The van der Waals surface area contributed by atoms with Gasteiger partial charge >= 0.3 is 0 Å². The largest absolute Gasteiger partial charge is 0.0655 e. The lowest BCUT2D eigenvalue weighted by Crippen LogP contribution is -1.91. The van der Waals surface area contributed by atoms with Crippen LogP contribution in [0.4, 0.5) is 0 Å². The molecular formula is C17H16. The molecule has 0 bridgehead atoms. The zero-order chi connectivity index (χ0) is 11.8. The van der Waals surface area contributed by atoms with Crippen LogP contribution in [0.2, 0.25) is 0 Å².